The first-order chi connectivity index (χ1) is 38.8. The molecule has 0 saturated heterocycles. The molecule has 4 rings (SSSR count). The number of carbonyl (C=O) groups excluding carboxylic acids is 7. The first kappa shape index (κ1) is 119. The van der Waals surface area contributed by atoms with Crippen LogP contribution in [0.5, 0.6) is 0 Å². The van der Waals surface area contributed by atoms with Crippen LogP contribution in [0.25, 0.3) is 0 Å². The maximum Gasteiger partial charge on any atom is 0.139 e. The first-order valence-electron chi connectivity index (χ1n) is 34.0. The van der Waals surface area contributed by atoms with E-state index < -0.39 is 0 Å². The number of rotatable bonds is 19. The van der Waals surface area contributed by atoms with E-state index in [0.29, 0.717) is 71.9 Å². The molecule has 0 aliphatic heterocycles. The van der Waals surface area contributed by atoms with Crippen molar-refractivity contribution in [3.05, 3.63) is 13.8 Å². The van der Waals surface area contributed by atoms with Gasteiger partial charge in [-0.25, -0.2) is 0 Å². The van der Waals surface area contributed by atoms with E-state index in [2.05, 4.69) is 96.9 Å². The van der Waals surface area contributed by atoms with Gasteiger partial charge in [-0.2, -0.15) is 0 Å². The normalized spacial score (nSPS) is 21.0. The van der Waals surface area contributed by atoms with Crippen LogP contribution in [0, 0.1) is 78.9 Å². The molecule has 4 aliphatic carbocycles. The molecule has 10 nitrogen and oxygen atoms in total. The molecular formula is C74H150O10W4-2. The SMILES string of the molecule is C.C.CCC.CCC(=O)CC(C)CC.CCC(C)CC.CCC(C)CC(O)CC.CCC(O)CC.CCC1CCCC(CC)C1=O.CCC=O.CCC=O.CCO.[CH2-]C1CCCC(C)C1=O.[CH2-]C1CCCC(CC2CCCC(CC)C2=O)C1=O.[W].[W].[W].[W]. The third kappa shape index (κ3) is 73.7. The molecule has 0 spiro atoms. The molecule has 0 aromatic heterocycles. The minimum atomic E-state index is -0.0695. The van der Waals surface area contributed by atoms with Crippen molar-refractivity contribution < 1.29 is 133 Å². The first-order valence-corrected chi connectivity index (χ1v) is 34.0. The second-order valence-corrected chi connectivity index (χ2v) is 23.6. The smallest absolute Gasteiger partial charge is 0.139 e. The Morgan fingerprint density at radius 3 is 1.00 bits per heavy atom. The summed E-state index contributed by atoms with van der Waals surface area (Å²) in [4.78, 5) is 76.2. The van der Waals surface area contributed by atoms with E-state index in [1.54, 1.807) is 6.92 Å². The predicted molar refractivity (Wildman–Crippen MR) is 366 cm³/mol. The minimum absolute atomic E-state index is 0. The predicted octanol–water partition coefficient (Wildman–Crippen LogP) is 20.3. The van der Waals surface area contributed by atoms with Gasteiger partial charge >= 0.3 is 0 Å². The largest absolute Gasteiger partial charge is 0.397 e. The Bertz CT molecular complexity index is 1390. The summed E-state index contributed by atoms with van der Waals surface area (Å²) in [5, 5.41) is 25.4. The molecule has 4 saturated carbocycles. The van der Waals surface area contributed by atoms with Gasteiger partial charge in [0.1, 0.15) is 41.5 Å². The van der Waals surface area contributed by atoms with Crippen molar-refractivity contribution in [2.24, 2.45) is 65.1 Å². The van der Waals surface area contributed by atoms with Gasteiger partial charge in [-0.1, -0.05) is 217 Å². The zero-order valence-corrected chi connectivity index (χ0v) is 71.4. The van der Waals surface area contributed by atoms with E-state index in [1.165, 1.54) is 38.5 Å². The molecule has 0 amide bonds. The molecule has 0 radical (unpaired) electrons. The quantitative estimate of drug-likeness (QED) is 0.0832. The zero-order chi connectivity index (χ0) is 65.0. The molecule has 11 atom stereocenters. The Balaban J connectivity index is -0.0000000662. The zero-order valence-electron chi connectivity index (χ0n) is 59.6. The third-order valence-electron chi connectivity index (χ3n) is 16.0. The van der Waals surface area contributed by atoms with Crippen molar-refractivity contribution in [3.63, 3.8) is 0 Å². The summed E-state index contributed by atoms with van der Waals surface area (Å²) in [6.07, 6.45) is 31.1. The van der Waals surface area contributed by atoms with E-state index in [9.17, 15) is 33.6 Å². The van der Waals surface area contributed by atoms with E-state index in [4.69, 9.17) is 15.3 Å². The molecule has 11 unspecified atom stereocenters. The molecule has 0 bridgehead atoms. The molecule has 14 heteroatoms. The Labute approximate surface area is 606 Å². The summed E-state index contributed by atoms with van der Waals surface area (Å²) in [6.45, 7) is 49.1. The van der Waals surface area contributed by atoms with Crippen molar-refractivity contribution in [3.8, 4) is 0 Å². The molecule has 3 N–H and O–H groups in total. The average Bonchev–Trinajstić information content (AvgIpc) is 3.49. The van der Waals surface area contributed by atoms with Crippen LogP contribution in [-0.2, 0) is 118 Å². The number of Topliss-reactive ketones (excluding diaryl/α,β-unsaturated/α-hetero) is 5. The van der Waals surface area contributed by atoms with Gasteiger partial charge in [-0.3, -0.25) is 14.4 Å². The molecule has 4 fully saturated rings. The molecule has 4 aliphatic rings. The van der Waals surface area contributed by atoms with Crippen molar-refractivity contribution in [1.29, 1.82) is 0 Å². The van der Waals surface area contributed by atoms with Crippen molar-refractivity contribution >= 4 is 41.5 Å². The van der Waals surface area contributed by atoms with Crippen LogP contribution in [0.4, 0.5) is 0 Å². The van der Waals surface area contributed by atoms with Crippen LogP contribution in [0.2, 0.25) is 0 Å². The molecule has 88 heavy (non-hydrogen) atoms. The Kier molecular flexibility index (Phi) is 118. The van der Waals surface area contributed by atoms with Crippen molar-refractivity contribution in [2.75, 3.05) is 6.61 Å². The van der Waals surface area contributed by atoms with Crippen LogP contribution in [-0.4, -0.2) is 75.6 Å². The minimum Gasteiger partial charge on any atom is -0.397 e. The topological polar surface area (TPSA) is 180 Å². The van der Waals surface area contributed by atoms with Gasteiger partial charge in [0.05, 0.1) is 12.2 Å². The van der Waals surface area contributed by atoms with Gasteiger partial charge < -0.3 is 48.3 Å². The maximum absolute atomic E-state index is 12.3. The number of hydrogen-bond acceptors (Lipinski definition) is 10. The molecule has 0 heterocycles. The van der Waals surface area contributed by atoms with Gasteiger partial charge in [0.25, 0.3) is 0 Å². The average molecular weight is 1940 g/mol. The van der Waals surface area contributed by atoms with Gasteiger partial charge in [0.15, 0.2) is 0 Å². The van der Waals surface area contributed by atoms with Gasteiger partial charge in [0, 0.05) is 152 Å². The summed E-state index contributed by atoms with van der Waals surface area (Å²) in [7, 11) is 0. The standard InChI is InChI=1S/C16H25O2.C10H18O.C8H13O.C8H18O.C8H16O.C6H14.C5H12O.2C3H6O.C3H8.C2H6O.2CH4.4W/c1-3-12-7-5-9-14(16(12)18)10-13-8-4-6-11(2)15(13)17;1-3-8-6-5-7-9(4-2)10(8)11;1-6-4-3-5-7(2)8(6)9;2*1-4-7(3)6-8(9)5-2;1-4-6(3)5-2;1-3-5(6)4-2;2*1-2-3-4;1-3-2;1-2-3;;;;;;/h11-14H,2-10H2,1H3;8-9H,3-7H2,1-2H3;6-7H,1,3-5H2,2H3;7-9H,4-6H2,1-3H3;7H,4-6H2,1-3H3;6H,4-5H2,1-3H3;5-6H,3-4H2,1-2H3;2*3H,2H2,1H3;3H2,1-2H3;3H,2H2,1H3;2*1H4;;;;/q-1;;-1;;;;;;;;;;;;;;. The van der Waals surface area contributed by atoms with E-state index in [-0.39, 0.29) is 153 Å². The number of ketones is 5. The summed E-state index contributed by atoms with van der Waals surface area (Å²) >= 11 is 0. The van der Waals surface area contributed by atoms with E-state index in [0.717, 1.165) is 147 Å². The molecule has 532 valence electrons. The fraction of sp³-hybridized carbons (Fsp3) is 0.878. The molecule has 0 aromatic carbocycles. The fourth-order valence-corrected chi connectivity index (χ4v) is 9.12. The fourth-order valence-electron chi connectivity index (χ4n) is 9.12. The number of aliphatic hydroxyl groups excluding tert-OH is 3. The van der Waals surface area contributed by atoms with Gasteiger partial charge in [-0.05, 0) is 115 Å². The summed E-state index contributed by atoms with van der Waals surface area (Å²) in [6, 6.07) is 0. The van der Waals surface area contributed by atoms with Crippen LogP contribution in [0.1, 0.15) is 340 Å². The van der Waals surface area contributed by atoms with Crippen LogP contribution >= 0.6 is 0 Å². The van der Waals surface area contributed by atoms with Gasteiger partial charge in [0.2, 0.25) is 0 Å². The third-order valence-corrected chi connectivity index (χ3v) is 16.0. The second-order valence-electron chi connectivity index (χ2n) is 23.6. The molecular weight excluding hydrogens is 1780 g/mol. The van der Waals surface area contributed by atoms with E-state index in [1.807, 2.05) is 48.5 Å². The van der Waals surface area contributed by atoms with Crippen LogP contribution in [0.15, 0.2) is 0 Å². The number of carbonyl (C=O) groups is 7. The summed E-state index contributed by atoms with van der Waals surface area (Å²) in [5.74, 6) is 5.92. The van der Waals surface area contributed by atoms with Crippen molar-refractivity contribution in [2.45, 2.75) is 352 Å². The number of hydrogen-bond donors (Lipinski definition) is 3. The number of aliphatic hydroxyl groups is 3. The van der Waals surface area contributed by atoms with Crippen LogP contribution < -0.4 is 0 Å². The molecule has 0 aromatic rings. The van der Waals surface area contributed by atoms with E-state index >= 15 is 0 Å². The Hall–Kier alpha value is 0.323. The monoisotopic (exact) mass is 1930 g/mol. The number of aldehydes is 2. The second kappa shape index (κ2) is 87.3. The maximum atomic E-state index is 12.3. The Morgan fingerprint density at radius 1 is 0.466 bits per heavy atom. The summed E-state index contributed by atoms with van der Waals surface area (Å²) < 4.78 is 0. The van der Waals surface area contributed by atoms with Crippen molar-refractivity contribution in [1.82, 2.24) is 0 Å². The Morgan fingerprint density at radius 2 is 0.750 bits per heavy atom. The summed E-state index contributed by atoms with van der Waals surface area (Å²) in [5.41, 5.74) is 0. The van der Waals surface area contributed by atoms with Gasteiger partial charge in [-0.15, -0.1) is 11.8 Å². The van der Waals surface area contributed by atoms with Crippen LogP contribution in [0.3, 0.4) is 0 Å².